The van der Waals surface area contributed by atoms with Gasteiger partial charge in [-0.05, 0) is 94.1 Å². The van der Waals surface area contributed by atoms with Crippen molar-refractivity contribution < 1.29 is 13.9 Å². The van der Waals surface area contributed by atoms with Crippen LogP contribution in [-0.2, 0) is 17.6 Å². The van der Waals surface area contributed by atoms with Crippen molar-refractivity contribution in [2.24, 2.45) is 0 Å². The third-order valence-electron chi connectivity index (χ3n) is 7.62. The molecule has 0 aliphatic carbocycles. The Morgan fingerprint density at radius 3 is 2.38 bits per heavy atom. The minimum Gasteiger partial charge on any atom is -0.494 e. The van der Waals surface area contributed by atoms with Gasteiger partial charge in [0, 0.05) is 6.54 Å². The fourth-order valence-electron chi connectivity index (χ4n) is 5.23. The van der Waals surface area contributed by atoms with Gasteiger partial charge in [-0.2, -0.15) is 0 Å². The number of amides is 1. The van der Waals surface area contributed by atoms with Gasteiger partial charge in [0.15, 0.2) is 0 Å². The van der Waals surface area contributed by atoms with Crippen molar-refractivity contribution in [3.05, 3.63) is 135 Å². The Kier molecular flexibility index (Phi) is 16.8. The van der Waals surface area contributed by atoms with Crippen LogP contribution in [0.5, 0.6) is 5.75 Å². The molecular formula is C41H52FN3O3. The van der Waals surface area contributed by atoms with Crippen LogP contribution in [0.2, 0.25) is 0 Å². The molecule has 0 spiro atoms. The fraction of sp³-hybridized carbons (Fsp3) is 0.341. The first-order chi connectivity index (χ1) is 23.2. The van der Waals surface area contributed by atoms with E-state index in [1.807, 2.05) is 110 Å². The highest BCUT2D eigenvalue weighted by atomic mass is 19.1. The Labute approximate surface area is 286 Å². The Morgan fingerprint density at radius 2 is 1.79 bits per heavy atom. The van der Waals surface area contributed by atoms with Crippen LogP contribution in [0.25, 0.3) is 17.8 Å². The van der Waals surface area contributed by atoms with Gasteiger partial charge in [-0.1, -0.05) is 88.4 Å². The SMILES string of the molecule is C=C/C=c1/c(=O)n(-c2ccc(OCC)cc2)c(C(C)N(CC(/C=C\C=CC)=C/C)C(=O)Cc2ccc(F)c(CCC)c2)n/c1=C/C.CC. The van der Waals surface area contributed by atoms with Crippen LogP contribution in [-0.4, -0.2) is 33.5 Å². The Bertz CT molecular complexity index is 1780. The van der Waals surface area contributed by atoms with Crippen molar-refractivity contribution in [1.29, 1.82) is 0 Å². The summed E-state index contributed by atoms with van der Waals surface area (Å²) in [5, 5.41) is 0.904. The van der Waals surface area contributed by atoms with Gasteiger partial charge < -0.3 is 9.64 Å². The number of rotatable bonds is 14. The van der Waals surface area contributed by atoms with Crippen molar-refractivity contribution in [2.75, 3.05) is 13.2 Å². The molecule has 48 heavy (non-hydrogen) atoms. The second-order valence-corrected chi connectivity index (χ2v) is 10.8. The number of nitrogens with zero attached hydrogens (tertiary/aromatic N) is 3. The van der Waals surface area contributed by atoms with E-state index in [-0.39, 0.29) is 30.2 Å². The monoisotopic (exact) mass is 653 g/mol. The average Bonchev–Trinajstić information content (AvgIpc) is 3.09. The van der Waals surface area contributed by atoms with Gasteiger partial charge in [0.2, 0.25) is 5.91 Å². The minimum absolute atomic E-state index is 0.0687. The molecule has 1 amide bonds. The molecule has 3 aromatic rings. The molecule has 3 rings (SSSR count). The minimum atomic E-state index is -0.621. The molecule has 1 heterocycles. The summed E-state index contributed by atoms with van der Waals surface area (Å²) in [5.41, 5.74) is 2.56. The molecule has 0 aliphatic rings. The van der Waals surface area contributed by atoms with E-state index in [2.05, 4.69) is 6.58 Å². The highest BCUT2D eigenvalue weighted by Crippen LogP contribution is 2.24. The zero-order chi connectivity index (χ0) is 35.6. The first-order valence-electron chi connectivity index (χ1n) is 16.9. The number of carbonyl (C=O) groups is 1. The normalized spacial score (nSPS) is 13.1. The summed E-state index contributed by atoms with van der Waals surface area (Å²) in [7, 11) is 0. The van der Waals surface area contributed by atoms with Crippen LogP contribution in [0.1, 0.15) is 84.8 Å². The molecule has 7 heteroatoms. The van der Waals surface area contributed by atoms with Gasteiger partial charge in [-0.3, -0.25) is 14.2 Å². The molecule has 0 bridgehead atoms. The number of carbonyl (C=O) groups excluding carboxylic acids is 1. The molecule has 6 nitrogen and oxygen atoms in total. The first-order valence-corrected chi connectivity index (χ1v) is 16.9. The number of hydrogen-bond donors (Lipinski definition) is 0. The predicted molar refractivity (Wildman–Crippen MR) is 198 cm³/mol. The number of aromatic nitrogens is 2. The van der Waals surface area contributed by atoms with Crippen molar-refractivity contribution in [2.45, 2.75) is 80.7 Å². The van der Waals surface area contributed by atoms with E-state index in [1.165, 1.54) is 6.07 Å². The van der Waals surface area contributed by atoms with Crippen molar-refractivity contribution in [3.63, 3.8) is 0 Å². The molecule has 0 aliphatic heterocycles. The van der Waals surface area contributed by atoms with E-state index in [4.69, 9.17) is 9.72 Å². The van der Waals surface area contributed by atoms with E-state index in [9.17, 15) is 14.0 Å². The van der Waals surface area contributed by atoms with Gasteiger partial charge >= 0.3 is 0 Å². The lowest BCUT2D eigenvalue weighted by molar-refractivity contribution is -0.132. The van der Waals surface area contributed by atoms with Crippen LogP contribution in [0.4, 0.5) is 4.39 Å². The third kappa shape index (κ3) is 10.4. The zero-order valence-electron chi connectivity index (χ0n) is 29.9. The maximum absolute atomic E-state index is 14.5. The molecule has 1 aromatic heterocycles. The van der Waals surface area contributed by atoms with Crippen LogP contribution in [0.15, 0.2) is 95.9 Å². The summed E-state index contributed by atoms with van der Waals surface area (Å²) in [6, 6.07) is 11.5. The predicted octanol–water partition coefficient (Wildman–Crippen LogP) is 7.73. The molecular weight excluding hydrogens is 601 g/mol. The number of aryl methyl sites for hydroxylation is 1. The number of halogens is 1. The van der Waals surface area contributed by atoms with Gasteiger partial charge in [0.1, 0.15) is 17.4 Å². The topological polar surface area (TPSA) is 64.4 Å². The quantitative estimate of drug-likeness (QED) is 0.167. The second-order valence-electron chi connectivity index (χ2n) is 10.8. The molecule has 1 atom stereocenters. The van der Waals surface area contributed by atoms with Crippen molar-refractivity contribution in [3.8, 4) is 11.4 Å². The van der Waals surface area contributed by atoms with Gasteiger partial charge in [-0.25, -0.2) is 9.37 Å². The Morgan fingerprint density at radius 1 is 1.08 bits per heavy atom. The summed E-state index contributed by atoms with van der Waals surface area (Å²) in [6.45, 7) is 20.1. The zero-order valence-corrected chi connectivity index (χ0v) is 29.9. The first kappa shape index (κ1) is 39.4. The molecule has 0 saturated heterocycles. The van der Waals surface area contributed by atoms with E-state index < -0.39 is 6.04 Å². The Hall–Kier alpha value is -4.78. The van der Waals surface area contributed by atoms with E-state index in [0.717, 1.165) is 17.6 Å². The summed E-state index contributed by atoms with van der Waals surface area (Å²) in [6.07, 6.45) is 16.2. The lowest BCUT2D eigenvalue weighted by Gasteiger charge is -2.31. The molecule has 0 radical (unpaired) electrons. The van der Waals surface area contributed by atoms with E-state index in [1.54, 1.807) is 39.8 Å². The van der Waals surface area contributed by atoms with Gasteiger partial charge in [0.05, 0.1) is 35.3 Å². The summed E-state index contributed by atoms with van der Waals surface area (Å²) < 4.78 is 21.7. The number of allylic oxidation sites excluding steroid dienone is 5. The van der Waals surface area contributed by atoms with Crippen LogP contribution in [0, 0.1) is 5.82 Å². The van der Waals surface area contributed by atoms with Gasteiger partial charge in [-0.15, -0.1) is 0 Å². The third-order valence-corrected chi connectivity index (χ3v) is 7.62. The summed E-state index contributed by atoms with van der Waals surface area (Å²) in [4.78, 5) is 35.1. The standard InChI is InChI=1S/C39H46FN3O3.C2H6/c1-8-14-15-18-29(11-4)27-42(37(44)26-30-19-24-35(40)31(25-30)16-9-2)28(7)38-41-36(12-5)34(17-10-3)39(45)43(38)32-20-22-33(23-21-32)46-13-6;1-2/h8,10-12,14-15,17-25,28H,3,9,13,16,26-27H2,1-2,4-7H3;1-2H3/b14-8?,18-15-,29-11+,34-17+,36-12+;. The maximum Gasteiger partial charge on any atom is 0.266 e. The van der Waals surface area contributed by atoms with E-state index in [0.29, 0.717) is 46.4 Å². The van der Waals surface area contributed by atoms with Crippen LogP contribution < -0.4 is 20.9 Å². The maximum atomic E-state index is 14.5. The summed E-state index contributed by atoms with van der Waals surface area (Å²) in [5.74, 6) is 0.659. The molecule has 1 unspecified atom stereocenters. The second kappa shape index (κ2) is 20.5. The number of hydrogen-bond acceptors (Lipinski definition) is 4. The molecule has 0 N–H and O–H groups in total. The highest BCUT2D eigenvalue weighted by molar-refractivity contribution is 5.79. The molecule has 0 fully saturated rings. The van der Waals surface area contributed by atoms with E-state index >= 15 is 0 Å². The molecule has 256 valence electrons. The Balaban J connectivity index is 0.00000392. The molecule has 0 saturated carbocycles. The lowest BCUT2D eigenvalue weighted by atomic mass is 10.0. The largest absolute Gasteiger partial charge is 0.494 e. The summed E-state index contributed by atoms with van der Waals surface area (Å²) >= 11 is 0. The van der Waals surface area contributed by atoms with Gasteiger partial charge in [0.25, 0.3) is 5.56 Å². The number of ether oxygens (including phenoxy) is 1. The van der Waals surface area contributed by atoms with Crippen molar-refractivity contribution in [1.82, 2.24) is 14.5 Å². The smallest absolute Gasteiger partial charge is 0.266 e. The average molecular weight is 654 g/mol. The fourth-order valence-corrected chi connectivity index (χ4v) is 5.23. The lowest BCUT2D eigenvalue weighted by Crippen LogP contribution is -2.50. The molecule has 2 aromatic carbocycles. The highest BCUT2D eigenvalue weighted by Gasteiger charge is 2.27. The van der Waals surface area contributed by atoms with Crippen LogP contribution in [0.3, 0.4) is 0 Å². The number of benzene rings is 2. The van der Waals surface area contributed by atoms with Crippen LogP contribution >= 0.6 is 0 Å². The van der Waals surface area contributed by atoms with Crippen molar-refractivity contribution >= 4 is 18.1 Å².